The zero-order valence-corrected chi connectivity index (χ0v) is 10.9. The Kier molecular flexibility index (Phi) is 6.49. The Morgan fingerprint density at radius 1 is 1.39 bits per heavy atom. The fourth-order valence-corrected chi connectivity index (χ4v) is 1.62. The van der Waals surface area contributed by atoms with E-state index in [4.69, 9.17) is 9.84 Å². The summed E-state index contributed by atoms with van der Waals surface area (Å²) >= 11 is 0. The highest BCUT2D eigenvalue weighted by atomic mass is 16.5. The number of urea groups is 1. The lowest BCUT2D eigenvalue weighted by Crippen LogP contribution is -2.44. The van der Waals surface area contributed by atoms with Gasteiger partial charge in [-0.3, -0.25) is 4.79 Å². The molecule has 0 aromatic rings. The number of ether oxygens (including phenoxy) is 1. The summed E-state index contributed by atoms with van der Waals surface area (Å²) < 4.78 is 5.29. The van der Waals surface area contributed by atoms with E-state index >= 15 is 0 Å². The second kappa shape index (κ2) is 7.92. The Hall–Kier alpha value is -1.30. The highest BCUT2D eigenvalue weighted by Gasteiger charge is 2.33. The smallest absolute Gasteiger partial charge is 0.323 e. The zero-order chi connectivity index (χ0) is 13.4. The molecule has 6 heteroatoms. The van der Waals surface area contributed by atoms with Gasteiger partial charge in [0.05, 0.1) is 0 Å². The van der Waals surface area contributed by atoms with Gasteiger partial charge in [0.25, 0.3) is 0 Å². The second-order valence-electron chi connectivity index (χ2n) is 4.45. The molecule has 0 radical (unpaired) electrons. The van der Waals surface area contributed by atoms with Gasteiger partial charge in [-0.1, -0.05) is 6.92 Å². The Morgan fingerprint density at radius 3 is 2.67 bits per heavy atom. The van der Waals surface area contributed by atoms with E-state index in [1.54, 1.807) is 0 Å². The summed E-state index contributed by atoms with van der Waals surface area (Å²) in [6.45, 7) is 3.70. The molecule has 0 aromatic heterocycles. The van der Waals surface area contributed by atoms with Gasteiger partial charge in [-0.15, -0.1) is 0 Å². The molecular formula is C12H22N2O4. The first-order valence-corrected chi connectivity index (χ1v) is 6.49. The molecule has 104 valence electrons. The number of aliphatic carboxylic acids is 1. The third kappa shape index (κ3) is 5.86. The van der Waals surface area contributed by atoms with Crippen LogP contribution in [0, 0.1) is 0 Å². The Bertz CT molecular complexity index is 279. The average Bonchev–Trinajstić information content (AvgIpc) is 3.14. The topological polar surface area (TPSA) is 78.9 Å². The fraction of sp³-hybridized carbons (Fsp3) is 0.833. The minimum Gasteiger partial charge on any atom is -0.480 e. The second-order valence-corrected chi connectivity index (χ2v) is 4.45. The van der Waals surface area contributed by atoms with Crippen molar-refractivity contribution in [1.82, 2.24) is 10.2 Å². The van der Waals surface area contributed by atoms with Gasteiger partial charge in [0.15, 0.2) is 0 Å². The van der Waals surface area contributed by atoms with Crippen molar-refractivity contribution in [2.45, 2.75) is 38.6 Å². The molecule has 1 fully saturated rings. The molecule has 0 saturated heterocycles. The van der Waals surface area contributed by atoms with Crippen molar-refractivity contribution in [2.24, 2.45) is 0 Å². The molecule has 0 aromatic carbocycles. The quantitative estimate of drug-likeness (QED) is 0.606. The van der Waals surface area contributed by atoms with Gasteiger partial charge in [-0.25, -0.2) is 4.79 Å². The standard InChI is InChI=1S/C12H22N2O4/c1-2-7-18-8-3-6-13-12(17)14(9-11(15)16)10-4-5-10/h10H,2-9H2,1H3,(H,13,17)(H,15,16). The van der Waals surface area contributed by atoms with Crippen LogP contribution in [0.25, 0.3) is 0 Å². The largest absolute Gasteiger partial charge is 0.480 e. The summed E-state index contributed by atoms with van der Waals surface area (Å²) in [6.07, 6.45) is 3.54. The number of hydrogen-bond donors (Lipinski definition) is 2. The molecule has 1 saturated carbocycles. The van der Waals surface area contributed by atoms with E-state index in [2.05, 4.69) is 5.32 Å². The molecule has 0 heterocycles. The van der Waals surface area contributed by atoms with Crippen LogP contribution in [0.3, 0.4) is 0 Å². The van der Waals surface area contributed by atoms with Crippen molar-refractivity contribution in [3.8, 4) is 0 Å². The molecule has 1 aliphatic rings. The number of nitrogens with one attached hydrogen (secondary N) is 1. The monoisotopic (exact) mass is 258 g/mol. The number of carbonyl (C=O) groups excluding carboxylic acids is 1. The van der Waals surface area contributed by atoms with E-state index in [1.807, 2.05) is 6.92 Å². The van der Waals surface area contributed by atoms with Crippen molar-refractivity contribution >= 4 is 12.0 Å². The first-order chi connectivity index (χ1) is 8.65. The van der Waals surface area contributed by atoms with Gasteiger partial charge < -0.3 is 20.1 Å². The predicted molar refractivity (Wildman–Crippen MR) is 66.5 cm³/mol. The number of carboxylic acids is 1. The first-order valence-electron chi connectivity index (χ1n) is 6.49. The van der Waals surface area contributed by atoms with Crippen LogP contribution in [-0.2, 0) is 9.53 Å². The third-order valence-electron chi connectivity index (χ3n) is 2.64. The van der Waals surface area contributed by atoms with Crippen LogP contribution in [0.4, 0.5) is 4.79 Å². The van der Waals surface area contributed by atoms with Crippen LogP contribution in [0.2, 0.25) is 0 Å². The number of hydrogen-bond acceptors (Lipinski definition) is 3. The molecule has 1 aliphatic carbocycles. The van der Waals surface area contributed by atoms with Crippen molar-refractivity contribution in [3.05, 3.63) is 0 Å². The van der Waals surface area contributed by atoms with Gasteiger partial charge in [0.1, 0.15) is 6.54 Å². The lowest BCUT2D eigenvalue weighted by Gasteiger charge is -2.20. The minimum absolute atomic E-state index is 0.109. The zero-order valence-electron chi connectivity index (χ0n) is 10.9. The lowest BCUT2D eigenvalue weighted by atomic mass is 10.4. The number of amides is 2. The van der Waals surface area contributed by atoms with E-state index in [0.717, 1.165) is 32.3 Å². The Morgan fingerprint density at radius 2 is 2.11 bits per heavy atom. The SMILES string of the molecule is CCCOCCCNC(=O)N(CC(=O)O)C1CC1. The summed E-state index contributed by atoms with van der Waals surface area (Å²) in [5, 5.41) is 11.5. The van der Waals surface area contributed by atoms with E-state index in [1.165, 1.54) is 4.90 Å². The van der Waals surface area contributed by atoms with E-state index in [0.29, 0.717) is 13.2 Å². The van der Waals surface area contributed by atoms with Crippen LogP contribution >= 0.6 is 0 Å². The number of carbonyl (C=O) groups is 2. The van der Waals surface area contributed by atoms with Gasteiger partial charge in [0, 0.05) is 25.8 Å². The first kappa shape index (κ1) is 14.8. The van der Waals surface area contributed by atoms with E-state index < -0.39 is 5.97 Å². The molecule has 0 unspecified atom stereocenters. The van der Waals surface area contributed by atoms with Gasteiger partial charge >= 0.3 is 12.0 Å². The summed E-state index contributed by atoms with van der Waals surface area (Å²) in [6, 6.07) is -0.173. The van der Waals surface area contributed by atoms with Gasteiger partial charge in [-0.2, -0.15) is 0 Å². The van der Waals surface area contributed by atoms with Gasteiger partial charge in [0.2, 0.25) is 0 Å². The maximum Gasteiger partial charge on any atom is 0.323 e. The summed E-state index contributed by atoms with van der Waals surface area (Å²) in [4.78, 5) is 23.8. The van der Waals surface area contributed by atoms with Crippen LogP contribution in [0.15, 0.2) is 0 Å². The fourth-order valence-electron chi connectivity index (χ4n) is 1.62. The third-order valence-corrected chi connectivity index (χ3v) is 2.64. The minimum atomic E-state index is -0.969. The molecule has 18 heavy (non-hydrogen) atoms. The van der Waals surface area contributed by atoms with Crippen molar-refractivity contribution in [1.29, 1.82) is 0 Å². The van der Waals surface area contributed by atoms with Crippen LogP contribution < -0.4 is 5.32 Å². The maximum absolute atomic E-state index is 11.8. The molecule has 2 N–H and O–H groups in total. The molecule has 1 rings (SSSR count). The lowest BCUT2D eigenvalue weighted by molar-refractivity contribution is -0.137. The number of rotatable bonds is 9. The Labute approximate surface area is 107 Å². The predicted octanol–water partition coefficient (Wildman–Crippen LogP) is 1.06. The van der Waals surface area contributed by atoms with Crippen molar-refractivity contribution in [3.63, 3.8) is 0 Å². The molecule has 0 aliphatic heterocycles. The number of carboxylic acid groups (broad SMARTS) is 1. The average molecular weight is 258 g/mol. The number of nitrogens with zero attached hydrogens (tertiary/aromatic N) is 1. The molecule has 0 bridgehead atoms. The Balaban J connectivity index is 2.15. The summed E-state index contributed by atoms with van der Waals surface area (Å²) in [7, 11) is 0. The van der Waals surface area contributed by atoms with Crippen LogP contribution in [0.1, 0.15) is 32.6 Å². The molecule has 2 amide bonds. The molecule has 6 nitrogen and oxygen atoms in total. The summed E-state index contributed by atoms with van der Waals surface area (Å²) in [5.74, 6) is -0.969. The maximum atomic E-state index is 11.8. The van der Waals surface area contributed by atoms with Crippen LogP contribution in [0.5, 0.6) is 0 Å². The van der Waals surface area contributed by atoms with E-state index in [-0.39, 0.29) is 18.6 Å². The molecule has 0 atom stereocenters. The van der Waals surface area contributed by atoms with E-state index in [9.17, 15) is 9.59 Å². The van der Waals surface area contributed by atoms with Crippen LogP contribution in [-0.4, -0.2) is 54.4 Å². The molecule has 0 spiro atoms. The summed E-state index contributed by atoms with van der Waals surface area (Å²) in [5.41, 5.74) is 0. The van der Waals surface area contributed by atoms with Crippen molar-refractivity contribution < 1.29 is 19.4 Å². The normalized spacial score (nSPS) is 14.3. The highest BCUT2D eigenvalue weighted by molar-refractivity contribution is 5.80. The highest BCUT2D eigenvalue weighted by Crippen LogP contribution is 2.26. The molecular weight excluding hydrogens is 236 g/mol. The van der Waals surface area contributed by atoms with Crippen molar-refractivity contribution in [2.75, 3.05) is 26.3 Å². The van der Waals surface area contributed by atoms with Gasteiger partial charge in [-0.05, 0) is 25.7 Å².